The number of hydrogen-bond donors (Lipinski definition) is 2. The second-order valence-corrected chi connectivity index (χ2v) is 6.58. The van der Waals surface area contributed by atoms with Gasteiger partial charge in [-0.05, 0) is 39.0 Å². The fourth-order valence-electron chi connectivity index (χ4n) is 3.77. The third-order valence-electron chi connectivity index (χ3n) is 5.31. The summed E-state index contributed by atoms with van der Waals surface area (Å²) in [5, 5.41) is 12.7. The largest absolute Gasteiger partial charge is 0.481 e. The average Bonchev–Trinajstić information content (AvgIpc) is 3.01. The van der Waals surface area contributed by atoms with Crippen molar-refractivity contribution in [2.45, 2.75) is 51.1 Å². The Morgan fingerprint density at radius 2 is 1.95 bits per heavy atom. The summed E-state index contributed by atoms with van der Waals surface area (Å²) in [5.74, 6) is -0.360. The van der Waals surface area contributed by atoms with E-state index in [0.29, 0.717) is 38.0 Å². The van der Waals surface area contributed by atoms with E-state index in [2.05, 4.69) is 5.32 Å². The molecule has 3 atom stereocenters. The van der Waals surface area contributed by atoms with Gasteiger partial charge in [0.25, 0.3) is 0 Å². The third kappa shape index (κ3) is 2.14. The predicted molar refractivity (Wildman–Crippen MR) is 69.6 cm³/mol. The average molecular weight is 266 g/mol. The van der Waals surface area contributed by atoms with Crippen LogP contribution in [0.15, 0.2) is 0 Å². The van der Waals surface area contributed by atoms with Gasteiger partial charge in [-0.15, -0.1) is 0 Å². The van der Waals surface area contributed by atoms with Crippen LogP contribution in [0.2, 0.25) is 0 Å². The maximum absolute atomic E-state index is 12.5. The van der Waals surface area contributed by atoms with Crippen LogP contribution in [-0.2, 0) is 9.59 Å². The van der Waals surface area contributed by atoms with E-state index >= 15 is 0 Å². The number of carboxylic acid groups (broad SMARTS) is 1. The molecular formula is C14H22N2O3. The predicted octanol–water partition coefficient (Wildman–Crippen LogP) is 0.840. The van der Waals surface area contributed by atoms with E-state index in [-0.39, 0.29) is 11.8 Å². The lowest BCUT2D eigenvalue weighted by Gasteiger charge is -2.38. The summed E-state index contributed by atoms with van der Waals surface area (Å²) in [6.07, 6.45) is 4.42. The van der Waals surface area contributed by atoms with Gasteiger partial charge in [-0.1, -0.05) is 0 Å². The molecule has 2 bridgehead atoms. The van der Waals surface area contributed by atoms with Gasteiger partial charge in [-0.2, -0.15) is 0 Å². The van der Waals surface area contributed by atoms with Crippen molar-refractivity contribution >= 4 is 11.9 Å². The molecule has 0 spiro atoms. The molecule has 3 fully saturated rings. The number of fused-ring (bicyclic) bond motifs is 2. The van der Waals surface area contributed by atoms with E-state index in [9.17, 15) is 14.7 Å². The van der Waals surface area contributed by atoms with Crippen molar-refractivity contribution in [2.75, 3.05) is 13.1 Å². The number of carbonyl (C=O) groups excluding carboxylic acids is 1. The monoisotopic (exact) mass is 266 g/mol. The summed E-state index contributed by atoms with van der Waals surface area (Å²) in [6.45, 7) is 2.97. The molecule has 5 nitrogen and oxygen atoms in total. The number of rotatable bonds is 2. The highest BCUT2D eigenvalue weighted by molar-refractivity contribution is 5.81. The Balaban J connectivity index is 1.60. The summed E-state index contributed by atoms with van der Waals surface area (Å²) in [6, 6.07) is 0.901. The Morgan fingerprint density at radius 1 is 1.26 bits per heavy atom. The molecule has 0 saturated carbocycles. The number of nitrogens with zero attached hydrogens (tertiary/aromatic N) is 1. The maximum Gasteiger partial charge on any atom is 0.309 e. The zero-order valence-electron chi connectivity index (χ0n) is 11.4. The molecule has 0 aromatic rings. The molecule has 3 aliphatic rings. The lowest BCUT2D eigenvalue weighted by atomic mass is 9.79. The third-order valence-corrected chi connectivity index (χ3v) is 5.31. The molecule has 0 radical (unpaired) electrons. The lowest BCUT2D eigenvalue weighted by molar-refractivity contribution is -0.153. The Hall–Kier alpha value is -1.10. The molecule has 3 rings (SSSR count). The first-order chi connectivity index (χ1) is 8.99. The van der Waals surface area contributed by atoms with Gasteiger partial charge in [-0.25, -0.2) is 0 Å². The van der Waals surface area contributed by atoms with Crippen LogP contribution in [0.1, 0.15) is 39.0 Å². The first-order valence-electron chi connectivity index (χ1n) is 7.28. The molecule has 2 N–H and O–H groups in total. The molecule has 3 unspecified atom stereocenters. The Bertz CT molecular complexity index is 401. The molecule has 0 aliphatic carbocycles. The van der Waals surface area contributed by atoms with Crippen molar-refractivity contribution in [3.8, 4) is 0 Å². The van der Waals surface area contributed by atoms with Crippen LogP contribution in [0.3, 0.4) is 0 Å². The van der Waals surface area contributed by atoms with Gasteiger partial charge < -0.3 is 15.3 Å². The highest BCUT2D eigenvalue weighted by Crippen LogP contribution is 2.36. The standard InChI is InChI=1S/C14H22N2O3/c1-14(13(18)19)4-6-16(7-5-14)12(17)10-8-9-2-3-11(10)15-9/h9-11,15H,2-8H2,1H3,(H,18,19). The molecule has 3 saturated heterocycles. The number of nitrogens with one attached hydrogen (secondary N) is 1. The number of piperidine rings is 1. The van der Waals surface area contributed by atoms with E-state index in [1.165, 1.54) is 6.42 Å². The molecule has 0 aromatic heterocycles. The van der Waals surface area contributed by atoms with Gasteiger partial charge in [0.05, 0.1) is 11.3 Å². The summed E-state index contributed by atoms with van der Waals surface area (Å²) in [4.78, 5) is 25.6. The number of hydrogen-bond acceptors (Lipinski definition) is 3. The fourth-order valence-corrected chi connectivity index (χ4v) is 3.77. The normalized spacial score (nSPS) is 36.5. The quantitative estimate of drug-likeness (QED) is 0.777. The number of carboxylic acids is 1. The molecule has 106 valence electrons. The maximum atomic E-state index is 12.5. The van der Waals surface area contributed by atoms with Gasteiger partial charge in [0.15, 0.2) is 0 Å². The molecule has 3 aliphatic heterocycles. The van der Waals surface area contributed by atoms with E-state index in [1.807, 2.05) is 4.90 Å². The second kappa shape index (κ2) is 4.47. The smallest absolute Gasteiger partial charge is 0.309 e. The highest BCUT2D eigenvalue weighted by Gasteiger charge is 2.46. The van der Waals surface area contributed by atoms with Crippen molar-refractivity contribution in [3.63, 3.8) is 0 Å². The minimum atomic E-state index is -0.735. The number of aliphatic carboxylic acids is 1. The SMILES string of the molecule is CC1(C(=O)O)CCN(C(=O)C2CC3CCC2N3)CC1. The molecule has 3 heterocycles. The molecule has 1 amide bonds. The van der Waals surface area contributed by atoms with Gasteiger partial charge in [0, 0.05) is 25.2 Å². The minimum absolute atomic E-state index is 0.132. The van der Waals surface area contributed by atoms with Crippen LogP contribution in [0.5, 0.6) is 0 Å². The summed E-state index contributed by atoms with van der Waals surface area (Å²) in [5.41, 5.74) is -0.649. The lowest BCUT2D eigenvalue weighted by Crippen LogP contribution is -2.48. The van der Waals surface area contributed by atoms with E-state index in [4.69, 9.17) is 0 Å². The van der Waals surface area contributed by atoms with Crippen molar-refractivity contribution < 1.29 is 14.7 Å². The zero-order valence-corrected chi connectivity index (χ0v) is 11.4. The van der Waals surface area contributed by atoms with Crippen molar-refractivity contribution in [2.24, 2.45) is 11.3 Å². The van der Waals surface area contributed by atoms with Crippen LogP contribution in [0, 0.1) is 11.3 Å². The highest BCUT2D eigenvalue weighted by atomic mass is 16.4. The van der Waals surface area contributed by atoms with Crippen molar-refractivity contribution in [3.05, 3.63) is 0 Å². The summed E-state index contributed by atoms with van der Waals surface area (Å²) in [7, 11) is 0. The number of likely N-dealkylation sites (tertiary alicyclic amines) is 1. The van der Waals surface area contributed by atoms with Crippen LogP contribution in [0.4, 0.5) is 0 Å². The minimum Gasteiger partial charge on any atom is -0.481 e. The Labute approximate surface area is 113 Å². The van der Waals surface area contributed by atoms with E-state index in [0.717, 1.165) is 12.8 Å². The van der Waals surface area contributed by atoms with Crippen LogP contribution in [0.25, 0.3) is 0 Å². The molecular weight excluding hydrogens is 244 g/mol. The van der Waals surface area contributed by atoms with Gasteiger partial charge in [-0.3, -0.25) is 9.59 Å². The molecule has 0 aromatic carbocycles. The Morgan fingerprint density at radius 3 is 2.42 bits per heavy atom. The summed E-state index contributed by atoms with van der Waals surface area (Å²) < 4.78 is 0. The van der Waals surface area contributed by atoms with Gasteiger partial charge >= 0.3 is 5.97 Å². The number of amides is 1. The van der Waals surface area contributed by atoms with Crippen molar-refractivity contribution in [1.29, 1.82) is 0 Å². The van der Waals surface area contributed by atoms with Crippen LogP contribution < -0.4 is 5.32 Å². The van der Waals surface area contributed by atoms with Gasteiger partial charge in [0.2, 0.25) is 5.91 Å². The first-order valence-corrected chi connectivity index (χ1v) is 7.28. The first kappa shape index (κ1) is 12.9. The van der Waals surface area contributed by atoms with E-state index in [1.54, 1.807) is 6.92 Å². The van der Waals surface area contributed by atoms with Crippen LogP contribution >= 0.6 is 0 Å². The second-order valence-electron chi connectivity index (χ2n) is 6.58. The van der Waals surface area contributed by atoms with Crippen LogP contribution in [-0.4, -0.2) is 47.1 Å². The van der Waals surface area contributed by atoms with Gasteiger partial charge in [0.1, 0.15) is 0 Å². The van der Waals surface area contributed by atoms with E-state index < -0.39 is 11.4 Å². The summed E-state index contributed by atoms with van der Waals surface area (Å²) >= 11 is 0. The van der Waals surface area contributed by atoms with Crippen molar-refractivity contribution in [1.82, 2.24) is 10.2 Å². The Kier molecular flexibility index (Phi) is 3.04. The molecule has 19 heavy (non-hydrogen) atoms. The number of carbonyl (C=O) groups is 2. The molecule has 5 heteroatoms. The topological polar surface area (TPSA) is 69.6 Å². The fraction of sp³-hybridized carbons (Fsp3) is 0.857. The zero-order chi connectivity index (χ0) is 13.6.